The Balaban J connectivity index is 1.60. The van der Waals surface area contributed by atoms with Gasteiger partial charge in [0.25, 0.3) is 0 Å². The number of nitrogens with zero attached hydrogens (tertiary/aromatic N) is 1. The van der Waals surface area contributed by atoms with Crippen LogP contribution in [0.4, 0.5) is 5.69 Å². The minimum Gasteiger partial charge on any atom is -0.368 e. The van der Waals surface area contributed by atoms with Gasteiger partial charge < -0.3 is 10.6 Å². The third-order valence-electron chi connectivity index (χ3n) is 3.33. The number of amidine groups is 1. The molecule has 0 spiro atoms. The molecule has 0 saturated carbocycles. The molecule has 2 N–H and O–H groups in total. The summed E-state index contributed by atoms with van der Waals surface area (Å²) < 4.78 is 0. The fraction of sp³-hybridized carbons (Fsp3) is 0.111. The number of carbonyl (C=O) groups excluding carboxylic acids is 1. The second-order valence-corrected chi connectivity index (χ2v) is 4.97. The van der Waals surface area contributed by atoms with Gasteiger partial charge in [0.15, 0.2) is 0 Å². The molecule has 0 bridgehead atoms. The molecule has 0 atom stereocenters. The Labute approximate surface area is 129 Å². The minimum atomic E-state index is -0.145. The van der Waals surface area contributed by atoms with E-state index in [0.717, 1.165) is 35.7 Å². The van der Waals surface area contributed by atoms with E-state index in [9.17, 15) is 4.79 Å². The Morgan fingerprint density at radius 2 is 1.86 bits per heavy atom. The van der Waals surface area contributed by atoms with Gasteiger partial charge in [-0.3, -0.25) is 9.79 Å². The number of amides is 1. The first-order valence-corrected chi connectivity index (χ1v) is 7.24. The molecule has 0 unspecified atom stereocenters. The van der Waals surface area contributed by atoms with Crippen LogP contribution in [0.15, 0.2) is 65.7 Å². The molecule has 3 rings (SSSR count). The second-order valence-electron chi connectivity index (χ2n) is 4.97. The van der Waals surface area contributed by atoms with Crippen LogP contribution in [-0.2, 0) is 4.79 Å². The normalized spacial score (nSPS) is 13.7. The maximum absolute atomic E-state index is 11.9. The van der Waals surface area contributed by atoms with Crippen molar-refractivity contribution in [1.82, 2.24) is 5.32 Å². The smallest absolute Gasteiger partial charge is 0.248 e. The first-order valence-electron chi connectivity index (χ1n) is 7.24. The lowest BCUT2D eigenvalue weighted by atomic mass is 10.2. The zero-order valence-electron chi connectivity index (χ0n) is 12.1. The summed E-state index contributed by atoms with van der Waals surface area (Å²) in [6.45, 7) is 1.70. The number of benzene rings is 2. The maximum Gasteiger partial charge on any atom is 0.248 e. The van der Waals surface area contributed by atoms with E-state index >= 15 is 0 Å². The molecule has 110 valence electrons. The van der Waals surface area contributed by atoms with Crippen molar-refractivity contribution < 1.29 is 4.79 Å². The largest absolute Gasteiger partial charge is 0.368 e. The third kappa shape index (κ3) is 3.61. The monoisotopic (exact) mass is 291 g/mol. The molecule has 0 aromatic heterocycles. The van der Waals surface area contributed by atoms with Crippen molar-refractivity contribution in [3.63, 3.8) is 0 Å². The zero-order valence-corrected chi connectivity index (χ0v) is 12.1. The van der Waals surface area contributed by atoms with Gasteiger partial charge in [-0.15, -0.1) is 0 Å². The van der Waals surface area contributed by atoms with Crippen molar-refractivity contribution in [2.24, 2.45) is 4.99 Å². The predicted molar refractivity (Wildman–Crippen MR) is 90.0 cm³/mol. The van der Waals surface area contributed by atoms with Gasteiger partial charge in [0.1, 0.15) is 5.84 Å². The van der Waals surface area contributed by atoms with Crippen LogP contribution >= 0.6 is 0 Å². The molecular formula is C18H17N3O. The van der Waals surface area contributed by atoms with Crippen molar-refractivity contribution in [2.75, 3.05) is 18.4 Å². The van der Waals surface area contributed by atoms with Crippen LogP contribution in [0, 0.1) is 0 Å². The average molecular weight is 291 g/mol. The minimum absolute atomic E-state index is 0.145. The van der Waals surface area contributed by atoms with Crippen LogP contribution in [0.2, 0.25) is 0 Å². The summed E-state index contributed by atoms with van der Waals surface area (Å²) in [6.07, 6.45) is 3.33. The number of carbonyl (C=O) groups is 1. The molecular weight excluding hydrogens is 274 g/mol. The number of rotatable bonds is 4. The molecule has 0 saturated heterocycles. The van der Waals surface area contributed by atoms with E-state index in [1.807, 2.05) is 54.6 Å². The molecule has 1 aliphatic rings. The van der Waals surface area contributed by atoms with Gasteiger partial charge in [-0.25, -0.2) is 0 Å². The fourth-order valence-electron chi connectivity index (χ4n) is 2.22. The second kappa shape index (κ2) is 6.72. The standard InChI is InChI=1S/C18H17N3O/c22-17(11-6-14-4-2-1-3-5-14)21-16-9-7-15(8-10-16)18-19-12-13-20-18/h1-11H,12-13H2,(H,19,20)(H,21,22). The molecule has 1 amide bonds. The van der Waals surface area contributed by atoms with Gasteiger partial charge >= 0.3 is 0 Å². The quantitative estimate of drug-likeness (QED) is 0.851. The average Bonchev–Trinajstić information content (AvgIpc) is 3.09. The highest BCUT2D eigenvalue weighted by Crippen LogP contribution is 2.11. The van der Waals surface area contributed by atoms with Crippen molar-refractivity contribution in [3.8, 4) is 0 Å². The van der Waals surface area contributed by atoms with Crippen LogP contribution in [0.1, 0.15) is 11.1 Å². The summed E-state index contributed by atoms with van der Waals surface area (Å²) in [4.78, 5) is 16.3. The fourth-order valence-corrected chi connectivity index (χ4v) is 2.22. The summed E-state index contributed by atoms with van der Waals surface area (Å²) in [5.74, 6) is 0.773. The van der Waals surface area contributed by atoms with E-state index in [1.165, 1.54) is 6.08 Å². The summed E-state index contributed by atoms with van der Waals surface area (Å²) in [5.41, 5.74) is 2.80. The van der Waals surface area contributed by atoms with Gasteiger partial charge in [0, 0.05) is 23.9 Å². The first-order chi connectivity index (χ1) is 10.8. The summed E-state index contributed by atoms with van der Waals surface area (Å²) in [6, 6.07) is 17.4. The molecule has 0 aliphatic carbocycles. The highest BCUT2D eigenvalue weighted by atomic mass is 16.1. The Morgan fingerprint density at radius 3 is 2.55 bits per heavy atom. The van der Waals surface area contributed by atoms with Gasteiger partial charge in [0.2, 0.25) is 5.91 Å². The lowest BCUT2D eigenvalue weighted by molar-refractivity contribution is -0.111. The highest BCUT2D eigenvalue weighted by Gasteiger charge is 2.07. The van der Waals surface area contributed by atoms with E-state index in [1.54, 1.807) is 6.08 Å². The van der Waals surface area contributed by atoms with Gasteiger partial charge in [-0.1, -0.05) is 30.3 Å². The first kappa shape index (κ1) is 14.1. The Kier molecular flexibility index (Phi) is 4.30. The van der Waals surface area contributed by atoms with E-state index in [0.29, 0.717) is 0 Å². The van der Waals surface area contributed by atoms with Gasteiger partial charge in [-0.05, 0) is 35.9 Å². The van der Waals surface area contributed by atoms with E-state index in [-0.39, 0.29) is 5.91 Å². The van der Waals surface area contributed by atoms with E-state index in [4.69, 9.17) is 0 Å². The molecule has 22 heavy (non-hydrogen) atoms. The molecule has 2 aromatic rings. The summed E-state index contributed by atoms with van der Waals surface area (Å²) in [7, 11) is 0. The van der Waals surface area contributed by atoms with Crippen molar-refractivity contribution in [2.45, 2.75) is 0 Å². The van der Waals surface area contributed by atoms with E-state index < -0.39 is 0 Å². The molecule has 4 nitrogen and oxygen atoms in total. The van der Waals surface area contributed by atoms with E-state index in [2.05, 4.69) is 15.6 Å². The molecule has 4 heteroatoms. The van der Waals surface area contributed by atoms with Crippen LogP contribution in [0.25, 0.3) is 6.08 Å². The lowest BCUT2D eigenvalue weighted by Gasteiger charge is -2.05. The maximum atomic E-state index is 11.9. The van der Waals surface area contributed by atoms with Crippen LogP contribution in [0.3, 0.4) is 0 Å². The Hall–Kier alpha value is -2.88. The van der Waals surface area contributed by atoms with Crippen LogP contribution in [0.5, 0.6) is 0 Å². The van der Waals surface area contributed by atoms with Crippen LogP contribution < -0.4 is 10.6 Å². The number of hydrogen-bond donors (Lipinski definition) is 2. The lowest BCUT2D eigenvalue weighted by Crippen LogP contribution is -2.19. The summed E-state index contributed by atoms with van der Waals surface area (Å²) >= 11 is 0. The Bertz CT molecular complexity index is 703. The van der Waals surface area contributed by atoms with Crippen LogP contribution in [-0.4, -0.2) is 24.8 Å². The topological polar surface area (TPSA) is 53.5 Å². The third-order valence-corrected chi connectivity index (χ3v) is 3.33. The van der Waals surface area contributed by atoms with Crippen molar-refractivity contribution in [3.05, 3.63) is 71.8 Å². The predicted octanol–water partition coefficient (Wildman–Crippen LogP) is 2.69. The molecule has 1 heterocycles. The summed E-state index contributed by atoms with van der Waals surface area (Å²) in [5, 5.41) is 6.07. The number of anilines is 1. The van der Waals surface area contributed by atoms with Crippen molar-refractivity contribution >= 4 is 23.5 Å². The molecule has 2 aromatic carbocycles. The zero-order chi connectivity index (χ0) is 15.2. The van der Waals surface area contributed by atoms with Gasteiger partial charge in [-0.2, -0.15) is 0 Å². The molecule has 1 aliphatic heterocycles. The number of hydrogen-bond acceptors (Lipinski definition) is 3. The Morgan fingerprint density at radius 1 is 1.09 bits per heavy atom. The van der Waals surface area contributed by atoms with Crippen molar-refractivity contribution in [1.29, 1.82) is 0 Å². The highest BCUT2D eigenvalue weighted by molar-refractivity contribution is 6.03. The molecule has 0 radical (unpaired) electrons. The number of nitrogens with one attached hydrogen (secondary N) is 2. The SMILES string of the molecule is O=C(C=Cc1ccccc1)Nc1ccc(C2=NCCN2)cc1. The molecule has 0 fully saturated rings. The van der Waals surface area contributed by atoms with Gasteiger partial charge in [0.05, 0.1) is 6.54 Å². The number of aliphatic imine (C=N–C) groups is 1.